The highest BCUT2D eigenvalue weighted by Gasteiger charge is 2.45. The fourth-order valence-corrected chi connectivity index (χ4v) is 5.85. The monoisotopic (exact) mass is 452 g/mol. The zero-order chi connectivity index (χ0) is 23.4. The minimum Gasteiger partial charge on any atom is -0.339 e. The molecule has 6 heteroatoms. The lowest BCUT2D eigenvalue weighted by molar-refractivity contribution is -0.131. The number of sulfonamides is 1. The Morgan fingerprint density at radius 3 is 2.47 bits per heavy atom. The van der Waals surface area contributed by atoms with E-state index in [1.807, 2.05) is 44.2 Å². The Kier molecular flexibility index (Phi) is 7.24. The lowest BCUT2D eigenvalue weighted by atomic mass is 9.81. The van der Waals surface area contributed by atoms with E-state index in [-0.39, 0.29) is 23.8 Å². The standard InChI is InChI=1S/C26H32N2O3S/c1-5-7-10-18-27(17-6-2)25(29)19-26(4)20-28(24-12-9-8-11-23(24)26)32(30,31)22-15-13-21(3)14-16-22/h5-6,8-9,11-16H,1-2,7,10,17-20H2,3-4H3. The van der Waals surface area contributed by atoms with E-state index in [0.29, 0.717) is 18.8 Å². The quantitative estimate of drug-likeness (QED) is 0.383. The van der Waals surface area contributed by atoms with Gasteiger partial charge in [-0.05, 0) is 43.5 Å². The molecule has 2 aromatic carbocycles. The van der Waals surface area contributed by atoms with Gasteiger partial charge in [0.25, 0.3) is 10.0 Å². The van der Waals surface area contributed by atoms with E-state index >= 15 is 0 Å². The second-order valence-electron chi connectivity index (χ2n) is 8.64. The number of aryl methyl sites for hydroxylation is 1. The van der Waals surface area contributed by atoms with E-state index < -0.39 is 15.4 Å². The van der Waals surface area contributed by atoms with Gasteiger partial charge in [0.2, 0.25) is 5.91 Å². The molecule has 1 amide bonds. The summed E-state index contributed by atoms with van der Waals surface area (Å²) in [5.41, 5.74) is 1.91. The molecule has 2 aromatic rings. The van der Waals surface area contributed by atoms with Gasteiger partial charge in [-0.15, -0.1) is 13.2 Å². The van der Waals surface area contributed by atoms with Crippen molar-refractivity contribution in [1.29, 1.82) is 0 Å². The first-order chi connectivity index (χ1) is 15.2. The molecular formula is C26H32N2O3S. The maximum atomic E-state index is 13.5. The third-order valence-corrected chi connectivity index (χ3v) is 7.78. The molecule has 5 nitrogen and oxygen atoms in total. The van der Waals surface area contributed by atoms with Gasteiger partial charge in [-0.3, -0.25) is 9.10 Å². The number of hydrogen-bond donors (Lipinski definition) is 0. The van der Waals surface area contributed by atoms with E-state index in [1.54, 1.807) is 35.2 Å². The van der Waals surface area contributed by atoms with Gasteiger partial charge >= 0.3 is 0 Å². The summed E-state index contributed by atoms with van der Waals surface area (Å²) >= 11 is 0. The minimum atomic E-state index is -3.74. The van der Waals surface area contributed by atoms with E-state index in [4.69, 9.17) is 0 Å². The smallest absolute Gasteiger partial charge is 0.264 e. The van der Waals surface area contributed by atoms with Crippen LogP contribution in [-0.4, -0.2) is 38.9 Å². The Hall–Kier alpha value is -2.86. The summed E-state index contributed by atoms with van der Waals surface area (Å²) in [6.07, 6.45) is 5.48. The SMILES string of the molecule is C=CCCCN(CC=C)C(=O)CC1(C)CN(S(=O)(=O)c2ccc(C)cc2)c2ccccc21. The number of rotatable bonds is 10. The third-order valence-electron chi connectivity index (χ3n) is 6.00. The normalized spacial score (nSPS) is 17.6. The summed E-state index contributed by atoms with van der Waals surface area (Å²) in [4.78, 5) is 15.3. The van der Waals surface area contributed by atoms with Crippen LogP contribution in [0.1, 0.15) is 37.3 Å². The van der Waals surface area contributed by atoms with Crippen molar-refractivity contribution in [2.45, 2.75) is 43.4 Å². The first-order valence-corrected chi connectivity index (χ1v) is 12.4. The van der Waals surface area contributed by atoms with E-state index in [0.717, 1.165) is 24.0 Å². The first-order valence-electron chi connectivity index (χ1n) is 10.9. The van der Waals surface area contributed by atoms with Crippen molar-refractivity contribution in [3.05, 3.63) is 85.0 Å². The van der Waals surface area contributed by atoms with Crippen LogP contribution in [0.2, 0.25) is 0 Å². The molecule has 0 fully saturated rings. The molecule has 1 unspecified atom stereocenters. The highest BCUT2D eigenvalue weighted by atomic mass is 32.2. The fourth-order valence-electron chi connectivity index (χ4n) is 4.24. The Bertz CT molecular complexity index is 1090. The Balaban J connectivity index is 1.91. The molecule has 0 saturated heterocycles. The van der Waals surface area contributed by atoms with Crippen LogP contribution < -0.4 is 4.31 Å². The fraction of sp³-hybridized carbons (Fsp3) is 0.346. The summed E-state index contributed by atoms with van der Waals surface area (Å²) in [5.74, 6) is 0.000786. The molecule has 0 N–H and O–H groups in total. The average Bonchev–Trinajstić information content (AvgIpc) is 3.07. The van der Waals surface area contributed by atoms with Crippen molar-refractivity contribution in [3.8, 4) is 0 Å². The number of para-hydroxylation sites is 1. The number of unbranched alkanes of at least 4 members (excludes halogenated alkanes) is 1. The van der Waals surface area contributed by atoms with Gasteiger partial charge in [0, 0.05) is 31.5 Å². The molecule has 0 aromatic heterocycles. The predicted octanol–water partition coefficient (Wildman–Crippen LogP) is 4.83. The van der Waals surface area contributed by atoms with Gasteiger partial charge in [-0.1, -0.05) is 55.0 Å². The Labute approximate surface area is 192 Å². The molecule has 0 saturated carbocycles. The molecule has 1 aliphatic rings. The lowest BCUT2D eigenvalue weighted by Crippen LogP contribution is -2.41. The van der Waals surface area contributed by atoms with Crippen molar-refractivity contribution in [3.63, 3.8) is 0 Å². The summed E-state index contributed by atoms with van der Waals surface area (Å²) in [6, 6.07) is 14.4. The minimum absolute atomic E-state index is 0.000786. The maximum Gasteiger partial charge on any atom is 0.264 e. The van der Waals surface area contributed by atoms with Crippen molar-refractivity contribution in [1.82, 2.24) is 4.90 Å². The number of carbonyl (C=O) groups is 1. The van der Waals surface area contributed by atoms with Crippen molar-refractivity contribution < 1.29 is 13.2 Å². The number of carbonyl (C=O) groups excluding carboxylic acids is 1. The van der Waals surface area contributed by atoms with Crippen LogP contribution in [0.25, 0.3) is 0 Å². The number of benzene rings is 2. The molecule has 0 aliphatic carbocycles. The number of anilines is 1. The van der Waals surface area contributed by atoms with E-state index in [1.165, 1.54) is 4.31 Å². The Morgan fingerprint density at radius 2 is 1.81 bits per heavy atom. The average molecular weight is 453 g/mol. The molecule has 0 radical (unpaired) electrons. The number of amides is 1. The predicted molar refractivity (Wildman–Crippen MR) is 130 cm³/mol. The van der Waals surface area contributed by atoms with Crippen LogP contribution >= 0.6 is 0 Å². The summed E-state index contributed by atoms with van der Waals surface area (Å²) in [7, 11) is -3.74. The van der Waals surface area contributed by atoms with Gasteiger partial charge in [0.05, 0.1) is 10.6 Å². The summed E-state index contributed by atoms with van der Waals surface area (Å²) in [5, 5.41) is 0. The van der Waals surface area contributed by atoms with Gasteiger partial charge in [0.1, 0.15) is 0 Å². The van der Waals surface area contributed by atoms with Crippen LogP contribution in [0, 0.1) is 6.92 Å². The third kappa shape index (κ3) is 4.80. The van der Waals surface area contributed by atoms with Gasteiger partial charge < -0.3 is 4.90 Å². The summed E-state index contributed by atoms with van der Waals surface area (Å²) in [6.45, 7) is 12.7. The van der Waals surface area contributed by atoms with Crippen LogP contribution in [0.3, 0.4) is 0 Å². The van der Waals surface area contributed by atoms with Gasteiger partial charge in [-0.25, -0.2) is 8.42 Å². The molecule has 1 atom stereocenters. The van der Waals surface area contributed by atoms with Crippen molar-refractivity contribution >= 4 is 21.6 Å². The second kappa shape index (κ2) is 9.74. The molecule has 3 rings (SSSR count). The zero-order valence-corrected chi connectivity index (χ0v) is 19.8. The zero-order valence-electron chi connectivity index (χ0n) is 19.0. The van der Waals surface area contributed by atoms with Crippen LogP contribution in [-0.2, 0) is 20.2 Å². The van der Waals surface area contributed by atoms with Crippen LogP contribution in [0.5, 0.6) is 0 Å². The molecular weight excluding hydrogens is 420 g/mol. The summed E-state index contributed by atoms with van der Waals surface area (Å²) < 4.78 is 28.5. The highest BCUT2D eigenvalue weighted by Crippen LogP contribution is 2.45. The number of fused-ring (bicyclic) bond motifs is 1. The van der Waals surface area contributed by atoms with Crippen molar-refractivity contribution in [2.24, 2.45) is 0 Å². The lowest BCUT2D eigenvalue weighted by Gasteiger charge is -2.29. The largest absolute Gasteiger partial charge is 0.339 e. The van der Waals surface area contributed by atoms with Crippen LogP contribution in [0.15, 0.2) is 78.7 Å². The topological polar surface area (TPSA) is 57.7 Å². The highest BCUT2D eigenvalue weighted by molar-refractivity contribution is 7.92. The molecule has 170 valence electrons. The second-order valence-corrected chi connectivity index (χ2v) is 10.5. The molecule has 1 heterocycles. The maximum absolute atomic E-state index is 13.5. The van der Waals surface area contributed by atoms with Crippen LogP contribution in [0.4, 0.5) is 5.69 Å². The van der Waals surface area contributed by atoms with Gasteiger partial charge in [-0.2, -0.15) is 0 Å². The molecule has 1 aliphatic heterocycles. The molecule has 32 heavy (non-hydrogen) atoms. The first kappa shape index (κ1) is 23.8. The number of nitrogens with zero attached hydrogens (tertiary/aromatic N) is 2. The number of hydrogen-bond acceptors (Lipinski definition) is 3. The van der Waals surface area contributed by atoms with Gasteiger partial charge in [0.15, 0.2) is 0 Å². The van der Waals surface area contributed by atoms with Crippen molar-refractivity contribution in [2.75, 3.05) is 23.9 Å². The Morgan fingerprint density at radius 1 is 1.12 bits per heavy atom. The van der Waals surface area contributed by atoms with E-state index in [2.05, 4.69) is 13.2 Å². The number of allylic oxidation sites excluding steroid dienone is 1. The van der Waals surface area contributed by atoms with E-state index in [9.17, 15) is 13.2 Å². The molecule has 0 bridgehead atoms. The molecule has 0 spiro atoms.